The Morgan fingerprint density at radius 1 is 1.39 bits per heavy atom. The van der Waals surface area contributed by atoms with Crippen molar-refractivity contribution in [2.24, 2.45) is 0 Å². The highest BCUT2D eigenvalue weighted by Gasteiger charge is 2.36. The summed E-state index contributed by atoms with van der Waals surface area (Å²) in [4.78, 5) is 12.3. The van der Waals surface area contributed by atoms with Crippen molar-refractivity contribution in [2.45, 2.75) is 32.2 Å². The molecule has 1 aromatic rings. The fourth-order valence-corrected chi connectivity index (χ4v) is 3.77. The summed E-state index contributed by atoms with van der Waals surface area (Å²) in [6.45, 7) is 4.87. The third-order valence-electron chi connectivity index (χ3n) is 3.29. The molecule has 18 heavy (non-hydrogen) atoms. The molecule has 5 heteroatoms. The van der Waals surface area contributed by atoms with Crippen LogP contribution in [-0.4, -0.2) is 18.0 Å². The van der Waals surface area contributed by atoms with E-state index >= 15 is 0 Å². The zero-order chi connectivity index (χ0) is 13.3. The van der Waals surface area contributed by atoms with Crippen LogP contribution in [0, 0.1) is 6.92 Å². The molecule has 1 aliphatic rings. The molecule has 0 saturated carbocycles. The fourth-order valence-electron chi connectivity index (χ4n) is 2.16. The smallest absolute Gasteiger partial charge is 0.244 e. The fraction of sp³-hybridized carbons (Fsp3) is 0.462. The van der Waals surface area contributed by atoms with Crippen molar-refractivity contribution in [2.75, 3.05) is 11.9 Å². The molecule has 1 fully saturated rings. The predicted molar refractivity (Wildman–Crippen MR) is 80.9 cm³/mol. The van der Waals surface area contributed by atoms with Gasteiger partial charge >= 0.3 is 0 Å². The lowest BCUT2D eigenvalue weighted by molar-refractivity contribution is -0.121. The predicted octanol–water partition coefficient (Wildman–Crippen LogP) is 3.60. The average Bonchev–Trinajstić information content (AvgIpc) is 2.71. The van der Waals surface area contributed by atoms with Crippen LogP contribution in [-0.2, 0) is 4.79 Å². The second kappa shape index (κ2) is 5.31. The van der Waals surface area contributed by atoms with Crippen molar-refractivity contribution in [1.29, 1.82) is 0 Å². The highest BCUT2D eigenvalue weighted by molar-refractivity contribution is 9.11. The summed E-state index contributed by atoms with van der Waals surface area (Å²) in [5.41, 5.74) is 1.47. The Balaban J connectivity index is 2.22. The Bertz CT molecular complexity index is 459. The number of aryl methyl sites for hydroxylation is 1. The van der Waals surface area contributed by atoms with E-state index in [1.807, 2.05) is 26.0 Å². The second-order valence-corrected chi connectivity index (χ2v) is 6.63. The number of nitrogens with one attached hydrogen (secondary N) is 2. The van der Waals surface area contributed by atoms with E-state index in [0.717, 1.165) is 39.6 Å². The Kier molecular flexibility index (Phi) is 4.14. The van der Waals surface area contributed by atoms with Gasteiger partial charge < -0.3 is 10.6 Å². The number of benzene rings is 1. The van der Waals surface area contributed by atoms with Gasteiger partial charge in [-0.2, -0.15) is 0 Å². The minimum Gasteiger partial charge on any atom is -0.323 e. The number of hydrogen-bond donors (Lipinski definition) is 2. The minimum atomic E-state index is -0.455. The Morgan fingerprint density at radius 2 is 2.00 bits per heavy atom. The van der Waals surface area contributed by atoms with Gasteiger partial charge in [0.15, 0.2) is 0 Å². The van der Waals surface area contributed by atoms with Crippen molar-refractivity contribution in [3.63, 3.8) is 0 Å². The summed E-state index contributed by atoms with van der Waals surface area (Å²) >= 11 is 6.98. The van der Waals surface area contributed by atoms with E-state index in [4.69, 9.17) is 0 Å². The van der Waals surface area contributed by atoms with E-state index in [2.05, 4.69) is 42.5 Å². The van der Waals surface area contributed by atoms with Crippen molar-refractivity contribution in [3.8, 4) is 0 Å². The number of carbonyl (C=O) groups excluding carboxylic acids is 1. The van der Waals surface area contributed by atoms with Gasteiger partial charge in [0.05, 0.1) is 11.2 Å². The van der Waals surface area contributed by atoms with E-state index in [-0.39, 0.29) is 5.91 Å². The molecule has 3 nitrogen and oxygen atoms in total. The van der Waals surface area contributed by atoms with E-state index in [1.165, 1.54) is 0 Å². The third kappa shape index (κ3) is 2.78. The first-order valence-corrected chi connectivity index (χ1v) is 7.53. The van der Waals surface area contributed by atoms with Gasteiger partial charge in [0.25, 0.3) is 0 Å². The van der Waals surface area contributed by atoms with Crippen LogP contribution in [0.5, 0.6) is 0 Å². The minimum absolute atomic E-state index is 0.0188. The van der Waals surface area contributed by atoms with Gasteiger partial charge in [-0.3, -0.25) is 4.79 Å². The van der Waals surface area contributed by atoms with Crippen LogP contribution in [0.3, 0.4) is 0 Å². The van der Waals surface area contributed by atoms with Gasteiger partial charge in [-0.05, 0) is 82.8 Å². The van der Waals surface area contributed by atoms with E-state index in [0.29, 0.717) is 0 Å². The summed E-state index contributed by atoms with van der Waals surface area (Å²) in [6, 6.07) is 3.98. The van der Waals surface area contributed by atoms with Crippen LogP contribution in [0.25, 0.3) is 0 Å². The number of anilines is 1. The molecule has 2 N–H and O–H groups in total. The zero-order valence-corrected chi connectivity index (χ0v) is 13.6. The maximum absolute atomic E-state index is 12.3. The van der Waals surface area contributed by atoms with Gasteiger partial charge in [0.2, 0.25) is 5.91 Å². The summed E-state index contributed by atoms with van der Waals surface area (Å²) in [6.07, 6.45) is 1.92. The van der Waals surface area contributed by atoms with Crippen molar-refractivity contribution in [3.05, 3.63) is 26.6 Å². The highest BCUT2D eigenvalue weighted by atomic mass is 79.9. The van der Waals surface area contributed by atoms with Crippen molar-refractivity contribution < 1.29 is 4.79 Å². The molecule has 1 amide bonds. The maximum Gasteiger partial charge on any atom is 0.244 e. The van der Waals surface area contributed by atoms with E-state index in [9.17, 15) is 4.79 Å². The molecule has 1 heterocycles. The van der Waals surface area contributed by atoms with Crippen LogP contribution in [0.4, 0.5) is 5.69 Å². The molecule has 1 unspecified atom stereocenters. The summed E-state index contributed by atoms with van der Waals surface area (Å²) in [5.74, 6) is 0.0188. The lowest BCUT2D eigenvalue weighted by atomic mass is 9.99. The maximum atomic E-state index is 12.3. The number of carbonyl (C=O) groups is 1. The molecule has 0 bridgehead atoms. The highest BCUT2D eigenvalue weighted by Crippen LogP contribution is 2.33. The van der Waals surface area contributed by atoms with Crippen LogP contribution >= 0.6 is 31.9 Å². The number of rotatable bonds is 2. The first-order valence-electron chi connectivity index (χ1n) is 5.94. The normalized spacial score (nSPS) is 23.1. The largest absolute Gasteiger partial charge is 0.323 e. The second-order valence-electron chi connectivity index (χ2n) is 4.92. The first-order chi connectivity index (χ1) is 8.42. The first kappa shape index (κ1) is 14.0. The summed E-state index contributed by atoms with van der Waals surface area (Å²) in [5, 5.41) is 6.25. The molecule has 1 aromatic carbocycles. The monoisotopic (exact) mass is 374 g/mol. The number of amides is 1. The molecule has 1 aliphatic heterocycles. The molecule has 0 spiro atoms. The molecule has 1 saturated heterocycles. The van der Waals surface area contributed by atoms with Crippen molar-refractivity contribution in [1.82, 2.24) is 5.32 Å². The summed E-state index contributed by atoms with van der Waals surface area (Å²) in [7, 11) is 0. The van der Waals surface area contributed by atoms with Gasteiger partial charge in [-0.25, -0.2) is 0 Å². The average molecular weight is 376 g/mol. The van der Waals surface area contributed by atoms with Crippen molar-refractivity contribution >= 4 is 43.5 Å². The van der Waals surface area contributed by atoms with E-state index in [1.54, 1.807) is 0 Å². The Labute approximate surface area is 124 Å². The topological polar surface area (TPSA) is 41.1 Å². The molecule has 0 radical (unpaired) electrons. The molecule has 1 atom stereocenters. The molecular weight excluding hydrogens is 360 g/mol. The summed E-state index contributed by atoms with van der Waals surface area (Å²) < 4.78 is 1.79. The lowest BCUT2D eigenvalue weighted by Crippen LogP contribution is -2.48. The molecule has 98 valence electrons. The zero-order valence-electron chi connectivity index (χ0n) is 10.4. The van der Waals surface area contributed by atoms with Gasteiger partial charge in [-0.15, -0.1) is 0 Å². The van der Waals surface area contributed by atoms with E-state index < -0.39 is 5.54 Å². The van der Waals surface area contributed by atoms with Crippen LogP contribution < -0.4 is 10.6 Å². The van der Waals surface area contributed by atoms with Gasteiger partial charge in [0, 0.05) is 8.95 Å². The quantitative estimate of drug-likeness (QED) is 0.829. The molecule has 0 aromatic heterocycles. The SMILES string of the molecule is Cc1cc(Br)c(NC(=O)C2(C)CCCN2)c(Br)c1. The van der Waals surface area contributed by atoms with Crippen LogP contribution in [0.15, 0.2) is 21.1 Å². The molecule has 0 aliphatic carbocycles. The van der Waals surface area contributed by atoms with Gasteiger partial charge in [-0.1, -0.05) is 0 Å². The lowest BCUT2D eigenvalue weighted by Gasteiger charge is -2.24. The molecular formula is C13H16Br2N2O. The third-order valence-corrected chi connectivity index (χ3v) is 4.55. The Morgan fingerprint density at radius 3 is 2.50 bits per heavy atom. The number of halogens is 2. The standard InChI is InChI=1S/C13H16Br2N2O/c1-8-6-9(14)11(10(15)7-8)17-12(18)13(2)4-3-5-16-13/h6-7,16H,3-5H2,1-2H3,(H,17,18). The van der Waals surface area contributed by atoms with Gasteiger partial charge in [0.1, 0.15) is 0 Å². The van der Waals surface area contributed by atoms with Crippen LogP contribution in [0.1, 0.15) is 25.3 Å². The van der Waals surface area contributed by atoms with Crippen LogP contribution in [0.2, 0.25) is 0 Å². The molecule has 2 rings (SSSR count). The Hall–Kier alpha value is -0.390. The number of hydrogen-bond acceptors (Lipinski definition) is 2.